The second kappa shape index (κ2) is 51.9. The van der Waals surface area contributed by atoms with Crippen LogP contribution in [0.25, 0.3) is 0 Å². The van der Waals surface area contributed by atoms with Crippen molar-refractivity contribution in [2.75, 3.05) is 179 Å². The van der Waals surface area contributed by atoms with Crippen molar-refractivity contribution in [2.45, 2.75) is 57.4 Å². The fourth-order valence-corrected chi connectivity index (χ4v) is 10.7. The third kappa shape index (κ3) is 31.2. The van der Waals surface area contributed by atoms with E-state index in [1.807, 2.05) is 148 Å². The van der Waals surface area contributed by atoms with Gasteiger partial charge in [0.15, 0.2) is 0 Å². The lowest BCUT2D eigenvalue weighted by molar-refractivity contribution is -0.0394. The van der Waals surface area contributed by atoms with Crippen molar-refractivity contribution in [1.82, 2.24) is 4.67 Å². The van der Waals surface area contributed by atoms with Gasteiger partial charge in [0.25, 0.3) is 8.53 Å². The van der Waals surface area contributed by atoms with Crippen LogP contribution in [0.15, 0.2) is 182 Å². The van der Waals surface area contributed by atoms with Crippen LogP contribution >= 0.6 is 8.53 Å². The summed E-state index contributed by atoms with van der Waals surface area (Å²) in [6.07, 6.45) is 0.323. The Kier molecular flexibility index (Phi) is 44.6. The zero-order valence-corrected chi connectivity index (χ0v) is 56.2. The maximum Gasteiger partial charge on any atom is 0.256 e. The standard InChI is InChI=1S/2C32H42O7.C9H19N2O2P/c2*1-33-17-18-34-19-20-35-21-22-36-23-24-37-25-26-38-27-28-39-32(29-11-5-2-6-12-29,30-13-7-3-8-14-30)31-15-9-4-10-16-31;1-8(2)11(9(3)4)14(12)13-7-5-6-10/h2*2-16H,17-28H2,1H3;8-9,12H,5,7H2,1-4H3. The van der Waals surface area contributed by atoms with E-state index < -0.39 is 19.7 Å². The summed E-state index contributed by atoms with van der Waals surface area (Å²) >= 11 is 0. The molecule has 0 saturated carbocycles. The van der Waals surface area contributed by atoms with E-state index in [0.29, 0.717) is 172 Å². The molecule has 0 bridgehead atoms. The van der Waals surface area contributed by atoms with Crippen LogP contribution < -0.4 is 0 Å². The molecular weight excluding hydrogens is 1190 g/mol. The average Bonchev–Trinajstić information content (AvgIpc) is 0.776. The lowest BCUT2D eigenvalue weighted by Crippen LogP contribution is -2.34. The van der Waals surface area contributed by atoms with Gasteiger partial charge in [-0.05, 0) is 61.1 Å². The normalized spacial score (nSPS) is 11.9. The van der Waals surface area contributed by atoms with Gasteiger partial charge in [-0.1, -0.05) is 182 Å². The van der Waals surface area contributed by atoms with Gasteiger partial charge in [0, 0.05) is 26.3 Å². The number of ether oxygens (including phenoxy) is 14. The Morgan fingerprint density at radius 2 is 0.522 bits per heavy atom. The zero-order valence-electron chi connectivity index (χ0n) is 55.3. The molecule has 0 fully saturated rings. The van der Waals surface area contributed by atoms with E-state index in [0.717, 1.165) is 33.4 Å². The minimum Gasteiger partial charge on any atom is -0.382 e. The molecule has 0 saturated heterocycles. The Labute approximate surface area is 550 Å². The van der Waals surface area contributed by atoms with Crippen LogP contribution in [-0.2, 0) is 82.0 Å². The first-order valence-electron chi connectivity index (χ1n) is 31.9. The third-order valence-electron chi connectivity index (χ3n) is 13.7. The first-order valence-corrected chi connectivity index (χ1v) is 33.1. The molecule has 506 valence electrons. The molecule has 6 aromatic carbocycles. The smallest absolute Gasteiger partial charge is 0.256 e. The molecule has 0 amide bonds. The number of benzene rings is 6. The molecule has 0 heterocycles. The van der Waals surface area contributed by atoms with Crippen molar-refractivity contribution in [3.63, 3.8) is 0 Å². The van der Waals surface area contributed by atoms with Crippen molar-refractivity contribution in [3.8, 4) is 6.07 Å². The minimum absolute atomic E-state index is 0.244. The Morgan fingerprint density at radius 1 is 0.326 bits per heavy atom. The molecule has 0 radical (unpaired) electrons. The highest BCUT2D eigenvalue weighted by molar-refractivity contribution is 7.43. The number of nitriles is 1. The van der Waals surface area contributed by atoms with Crippen LogP contribution in [0.3, 0.4) is 0 Å². The molecule has 6 aromatic rings. The van der Waals surface area contributed by atoms with Gasteiger partial charge in [-0.25, -0.2) is 4.67 Å². The van der Waals surface area contributed by atoms with E-state index in [1.165, 1.54) is 0 Å². The van der Waals surface area contributed by atoms with Crippen LogP contribution in [0.1, 0.15) is 67.5 Å². The van der Waals surface area contributed by atoms with Crippen LogP contribution in [0.5, 0.6) is 0 Å². The van der Waals surface area contributed by atoms with Crippen LogP contribution in [0, 0.1) is 11.3 Å². The third-order valence-corrected chi connectivity index (χ3v) is 15.4. The summed E-state index contributed by atoms with van der Waals surface area (Å²) in [5.74, 6) is 0. The number of rotatable bonds is 50. The molecule has 1 unspecified atom stereocenters. The molecule has 0 aliphatic rings. The molecule has 0 spiro atoms. The second-order valence-corrected chi connectivity index (χ2v) is 22.2. The lowest BCUT2D eigenvalue weighted by Gasteiger charge is -2.36. The largest absolute Gasteiger partial charge is 0.382 e. The van der Waals surface area contributed by atoms with Crippen molar-refractivity contribution < 1.29 is 75.7 Å². The van der Waals surface area contributed by atoms with Gasteiger partial charge in [0.05, 0.1) is 178 Å². The minimum atomic E-state index is -1.55. The molecule has 0 aliphatic carbocycles. The number of hydrogen-bond acceptors (Lipinski definition) is 18. The van der Waals surface area contributed by atoms with Crippen LogP contribution in [-0.4, -0.2) is 201 Å². The van der Waals surface area contributed by atoms with Crippen molar-refractivity contribution in [3.05, 3.63) is 215 Å². The van der Waals surface area contributed by atoms with Gasteiger partial charge in [-0.3, -0.25) is 0 Å². The Morgan fingerprint density at radius 3 is 0.707 bits per heavy atom. The fourth-order valence-electron chi connectivity index (χ4n) is 9.52. The van der Waals surface area contributed by atoms with E-state index in [1.54, 1.807) is 14.2 Å². The van der Waals surface area contributed by atoms with Crippen LogP contribution in [0.4, 0.5) is 0 Å². The highest BCUT2D eigenvalue weighted by Crippen LogP contribution is 2.42. The quantitative estimate of drug-likeness (QED) is 0.0216. The highest BCUT2D eigenvalue weighted by Gasteiger charge is 2.39. The van der Waals surface area contributed by atoms with E-state index in [4.69, 9.17) is 76.1 Å². The monoisotopic (exact) mass is 1290 g/mol. The first kappa shape index (κ1) is 79.0. The maximum atomic E-state index is 9.74. The topological polar surface area (TPSA) is 186 Å². The van der Waals surface area contributed by atoms with Gasteiger partial charge in [-0.15, -0.1) is 0 Å². The summed E-state index contributed by atoms with van der Waals surface area (Å²) < 4.78 is 85.7. The van der Waals surface area contributed by atoms with Gasteiger partial charge in [0.2, 0.25) is 0 Å². The van der Waals surface area contributed by atoms with Gasteiger partial charge in [0.1, 0.15) is 11.2 Å². The van der Waals surface area contributed by atoms with Gasteiger partial charge >= 0.3 is 0 Å². The van der Waals surface area contributed by atoms with Gasteiger partial charge in [-0.2, -0.15) is 5.26 Å². The molecule has 1 N–H and O–H groups in total. The molecule has 0 aliphatic heterocycles. The van der Waals surface area contributed by atoms with E-state index >= 15 is 0 Å². The number of hydrogen-bond donors (Lipinski definition) is 1. The molecule has 1 atom stereocenters. The summed E-state index contributed by atoms with van der Waals surface area (Å²) in [5, 5.41) is 8.32. The van der Waals surface area contributed by atoms with Crippen molar-refractivity contribution in [2.24, 2.45) is 0 Å². The summed E-state index contributed by atoms with van der Waals surface area (Å²) in [6, 6.07) is 64.5. The number of methoxy groups -OCH3 is 2. The maximum absolute atomic E-state index is 9.74. The summed E-state index contributed by atoms with van der Waals surface area (Å²) in [4.78, 5) is 9.74. The van der Waals surface area contributed by atoms with E-state index in [-0.39, 0.29) is 12.1 Å². The SMILES string of the molecule is CC(C)N(C(C)C)P(O)OCCC#N.COCCOCCOCCOCCOCCOCCOC(c1ccccc1)(c1ccccc1)c1ccccc1.COCCOCCOCCOCCOCCOCCOC(c1ccccc1)(c1ccccc1)c1ccccc1. The molecular formula is C73H103N2O16P. The fraction of sp³-hybridized carbons (Fsp3) is 0.493. The first-order chi connectivity index (χ1) is 45.3. The lowest BCUT2D eigenvalue weighted by atomic mass is 9.80. The molecule has 18 nitrogen and oxygen atoms in total. The molecule has 6 rings (SSSR count). The average molecular weight is 1300 g/mol. The van der Waals surface area contributed by atoms with Crippen molar-refractivity contribution >= 4 is 8.53 Å². The van der Waals surface area contributed by atoms with Crippen molar-refractivity contribution in [1.29, 1.82) is 5.26 Å². The Hall–Kier alpha value is -5.44. The molecule has 0 aromatic heterocycles. The Balaban J connectivity index is 0.000000326. The summed E-state index contributed by atoms with van der Waals surface area (Å²) in [6.45, 7) is 20.9. The summed E-state index contributed by atoms with van der Waals surface area (Å²) in [7, 11) is 1.75. The predicted octanol–water partition coefficient (Wildman–Crippen LogP) is 11.7. The molecule has 19 heteroatoms. The highest BCUT2D eigenvalue weighted by atomic mass is 31.2. The Bertz CT molecular complexity index is 2290. The van der Waals surface area contributed by atoms with E-state index in [2.05, 4.69) is 72.8 Å². The predicted molar refractivity (Wildman–Crippen MR) is 360 cm³/mol. The zero-order chi connectivity index (χ0) is 65.7. The molecule has 92 heavy (non-hydrogen) atoms. The van der Waals surface area contributed by atoms with Gasteiger partial charge < -0.3 is 75.7 Å². The summed E-state index contributed by atoms with van der Waals surface area (Å²) in [5.41, 5.74) is 4.98. The number of nitrogens with zero attached hydrogens (tertiary/aromatic N) is 2. The van der Waals surface area contributed by atoms with Crippen LogP contribution in [0.2, 0.25) is 0 Å². The van der Waals surface area contributed by atoms with E-state index in [9.17, 15) is 4.89 Å². The second-order valence-electron chi connectivity index (χ2n) is 20.9.